The first-order valence-corrected chi connectivity index (χ1v) is 6.83. The first-order chi connectivity index (χ1) is 7.96. The molecule has 0 aliphatic carbocycles. The molecule has 0 N–H and O–H groups in total. The van der Waals surface area contributed by atoms with Crippen molar-refractivity contribution in [2.45, 2.75) is 31.0 Å². The molecule has 0 spiro atoms. The van der Waals surface area contributed by atoms with Gasteiger partial charge in [-0.3, -0.25) is 0 Å². The number of ether oxygens (including phenoxy) is 2. The molecule has 0 saturated heterocycles. The van der Waals surface area contributed by atoms with Crippen molar-refractivity contribution in [1.82, 2.24) is 9.97 Å². The van der Waals surface area contributed by atoms with Gasteiger partial charge in [0.15, 0.2) is 5.16 Å². The number of thioether (sulfide) groups is 1. The lowest BCUT2D eigenvalue weighted by Crippen LogP contribution is -2.25. The van der Waals surface area contributed by atoms with E-state index < -0.39 is 0 Å². The smallest absolute Gasteiger partial charge is 0.218 e. The Morgan fingerprint density at radius 1 is 1.41 bits per heavy atom. The van der Waals surface area contributed by atoms with Gasteiger partial charge < -0.3 is 9.47 Å². The zero-order valence-corrected chi connectivity index (χ0v) is 12.1. The van der Waals surface area contributed by atoms with Crippen LogP contribution in [0.5, 0.6) is 5.88 Å². The SMILES string of the molecule is COC(C)(C)CCOc1cc(Cl)nc(SC)n1. The zero-order valence-electron chi connectivity index (χ0n) is 10.5. The third-order valence-corrected chi connectivity index (χ3v) is 3.08. The standard InChI is InChI=1S/C11H17ClN2O2S/c1-11(2,15-3)5-6-16-9-7-8(12)13-10(14-9)17-4/h7H,5-6H2,1-4H3. The van der Waals surface area contributed by atoms with Crippen LogP contribution in [0.1, 0.15) is 20.3 Å². The number of methoxy groups -OCH3 is 1. The third kappa shape index (κ3) is 5.10. The van der Waals surface area contributed by atoms with Crippen molar-refractivity contribution in [3.63, 3.8) is 0 Å². The Labute approximate surface area is 111 Å². The fraction of sp³-hybridized carbons (Fsp3) is 0.636. The highest BCUT2D eigenvalue weighted by Gasteiger charge is 2.16. The molecular weight excluding hydrogens is 260 g/mol. The van der Waals surface area contributed by atoms with E-state index in [4.69, 9.17) is 21.1 Å². The molecular formula is C11H17ClN2O2S. The summed E-state index contributed by atoms with van der Waals surface area (Å²) in [6, 6.07) is 1.61. The van der Waals surface area contributed by atoms with Crippen molar-refractivity contribution in [2.75, 3.05) is 20.0 Å². The summed E-state index contributed by atoms with van der Waals surface area (Å²) >= 11 is 7.29. The number of hydrogen-bond donors (Lipinski definition) is 0. The van der Waals surface area contributed by atoms with Crippen molar-refractivity contribution in [1.29, 1.82) is 0 Å². The minimum atomic E-state index is -0.195. The summed E-state index contributed by atoms with van der Waals surface area (Å²) in [5.74, 6) is 0.501. The molecule has 0 aromatic carbocycles. The summed E-state index contributed by atoms with van der Waals surface area (Å²) in [6.45, 7) is 4.55. The van der Waals surface area contributed by atoms with Crippen LogP contribution in [-0.4, -0.2) is 35.5 Å². The number of hydrogen-bond acceptors (Lipinski definition) is 5. The first-order valence-electron chi connectivity index (χ1n) is 5.23. The molecule has 6 heteroatoms. The third-order valence-electron chi connectivity index (χ3n) is 2.34. The summed E-state index contributed by atoms with van der Waals surface area (Å²) in [4.78, 5) is 8.24. The van der Waals surface area contributed by atoms with Gasteiger partial charge in [0, 0.05) is 19.6 Å². The maximum absolute atomic E-state index is 5.86. The minimum absolute atomic E-state index is 0.195. The Balaban J connectivity index is 2.55. The molecule has 0 aliphatic heterocycles. The van der Waals surface area contributed by atoms with E-state index in [0.717, 1.165) is 6.42 Å². The van der Waals surface area contributed by atoms with E-state index in [2.05, 4.69) is 9.97 Å². The van der Waals surface area contributed by atoms with Crippen LogP contribution in [0.25, 0.3) is 0 Å². The van der Waals surface area contributed by atoms with E-state index >= 15 is 0 Å². The molecule has 4 nitrogen and oxygen atoms in total. The normalized spacial score (nSPS) is 11.6. The van der Waals surface area contributed by atoms with Gasteiger partial charge in [-0.2, -0.15) is 4.98 Å². The molecule has 0 saturated carbocycles. The average molecular weight is 277 g/mol. The Kier molecular flexibility index (Phi) is 5.49. The molecule has 0 aliphatic rings. The maximum atomic E-state index is 5.86. The summed E-state index contributed by atoms with van der Waals surface area (Å²) in [6.07, 6.45) is 2.67. The lowest BCUT2D eigenvalue weighted by Gasteiger charge is -2.22. The van der Waals surface area contributed by atoms with E-state index in [0.29, 0.717) is 22.8 Å². The van der Waals surface area contributed by atoms with Crippen LogP contribution >= 0.6 is 23.4 Å². The van der Waals surface area contributed by atoms with Crippen LogP contribution in [0, 0.1) is 0 Å². The number of aromatic nitrogens is 2. The Morgan fingerprint density at radius 3 is 2.71 bits per heavy atom. The van der Waals surface area contributed by atoms with E-state index in [1.54, 1.807) is 13.2 Å². The number of rotatable bonds is 6. The van der Waals surface area contributed by atoms with Gasteiger partial charge in [0.1, 0.15) is 5.15 Å². The second kappa shape index (κ2) is 6.42. The summed E-state index contributed by atoms with van der Waals surface area (Å²) in [7, 11) is 1.69. The van der Waals surface area contributed by atoms with Gasteiger partial charge in [0.25, 0.3) is 0 Å². The highest BCUT2D eigenvalue weighted by atomic mass is 35.5. The van der Waals surface area contributed by atoms with Crippen LogP contribution in [0.15, 0.2) is 11.2 Å². The van der Waals surface area contributed by atoms with Gasteiger partial charge in [-0.1, -0.05) is 23.4 Å². The number of halogens is 1. The van der Waals surface area contributed by atoms with Crippen LogP contribution in [0.3, 0.4) is 0 Å². The molecule has 1 aromatic rings. The second-order valence-electron chi connectivity index (χ2n) is 4.08. The Bertz CT molecular complexity index is 374. The fourth-order valence-electron chi connectivity index (χ4n) is 1.05. The van der Waals surface area contributed by atoms with Gasteiger partial charge in [0.2, 0.25) is 5.88 Å². The predicted octanol–water partition coefficient (Wildman–Crippen LogP) is 3.05. The van der Waals surface area contributed by atoms with Gasteiger partial charge in [-0.25, -0.2) is 4.98 Å². The average Bonchev–Trinajstić information content (AvgIpc) is 2.28. The van der Waals surface area contributed by atoms with Gasteiger partial charge in [0.05, 0.1) is 12.2 Å². The van der Waals surface area contributed by atoms with Crippen LogP contribution in [0.2, 0.25) is 5.15 Å². The predicted molar refractivity (Wildman–Crippen MR) is 70.0 cm³/mol. The zero-order chi connectivity index (χ0) is 12.9. The monoisotopic (exact) mass is 276 g/mol. The Hall–Kier alpha value is -0.520. The van der Waals surface area contributed by atoms with Crippen molar-refractivity contribution in [3.05, 3.63) is 11.2 Å². The highest BCUT2D eigenvalue weighted by molar-refractivity contribution is 7.98. The molecule has 1 heterocycles. The van der Waals surface area contributed by atoms with Gasteiger partial charge >= 0.3 is 0 Å². The largest absolute Gasteiger partial charge is 0.477 e. The quantitative estimate of drug-likeness (QED) is 0.454. The van der Waals surface area contributed by atoms with Crippen molar-refractivity contribution >= 4 is 23.4 Å². The van der Waals surface area contributed by atoms with E-state index in [1.165, 1.54) is 11.8 Å². The van der Waals surface area contributed by atoms with Crippen molar-refractivity contribution < 1.29 is 9.47 Å². The fourth-order valence-corrected chi connectivity index (χ4v) is 1.64. The maximum Gasteiger partial charge on any atom is 0.218 e. The first kappa shape index (κ1) is 14.5. The van der Waals surface area contributed by atoms with Crippen molar-refractivity contribution in [3.8, 4) is 5.88 Å². The lowest BCUT2D eigenvalue weighted by atomic mass is 10.1. The topological polar surface area (TPSA) is 44.2 Å². The van der Waals surface area contributed by atoms with E-state index in [-0.39, 0.29) is 5.60 Å². The molecule has 0 amide bonds. The Morgan fingerprint density at radius 2 is 2.12 bits per heavy atom. The molecule has 0 atom stereocenters. The highest BCUT2D eigenvalue weighted by Crippen LogP contribution is 2.20. The minimum Gasteiger partial charge on any atom is -0.477 e. The molecule has 0 bridgehead atoms. The molecule has 96 valence electrons. The summed E-state index contributed by atoms with van der Waals surface area (Å²) in [5, 5.41) is 1.00. The molecule has 17 heavy (non-hydrogen) atoms. The second-order valence-corrected chi connectivity index (χ2v) is 5.24. The molecule has 0 fully saturated rings. The molecule has 1 rings (SSSR count). The summed E-state index contributed by atoms with van der Waals surface area (Å²) < 4.78 is 10.8. The van der Waals surface area contributed by atoms with Crippen LogP contribution in [-0.2, 0) is 4.74 Å². The molecule has 0 radical (unpaired) electrons. The summed E-state index contributed by atoms with van der Waals surface area (Å²) in [5.41, 5.74) is -0.195. The van der Waals surface area contributed by atoms with E-state index in [9.17, 15) is 0 Å². The lowest BCUT2D eigenvalue weighted by molar-refractivity contribution is 0.00502. The van der Waals surface area contributed by atoms with Crippen molar-refractivity contribution in [2.24, 2.45) is 0 Å². The van der Waals surface area contributed by atoms with Gasteiger partial charge in [-0.15, -0.1) is 0 Å². The molecule has 1 aromatic heterocycles. The van der Waals surface area contributed by atoms with Gasteiger partial charge in [-0.05, 0) is 20.1 Å². The van der Waals surface area contributed by atoms with E-state index in [1.807, 2.05) is 20.1 Å². The van der Waals surface area contributed by atoms with Crippen LogP contribution in [0.4, 0.5) is 0 Å². The molecule has 0 unspecified atom stereocenters. The van der Waals surface area contributed by atoms with Crippen LogP contribution < -0.4 is 4.74 Å². The number of nitrogens with zero attached hydrogens (tertiary/aromatic N) is 2.